The summed E-state index contributed by atoms with van der Waals surface area (Å²) in [5.74, 6) is 0. The first kappa shape index (κ1) is 15.0. The van der Waals surface area contributed by atoms with Gasteiger partial charge in [0, 0.05) is 38.1 Å². The van der Waals surface area contributed by atoms with Crippen molar-refractivity contribution in [3.63, 3.8) is 0 Å². The zero-order valence-corrected chi connectivity index (χ0v) is 12.7. The Hall–Kier alpha value is -1.39. The van der Waals surface area contributed by atoms with Crippen LogP contribution in [-0.4, -0.2) is 35.6 Å². The number of nitrogens with zero attached hydrogens (tertiary/aromatic N) is 2. The Morgan fingerprint density at radius 1 is 1.30 bits per heavy atom. The molecule has 1 aromatic carbocycles. The highest BCUT2D eigenvalue weighted by molar-refractivity contribution is 5.81. The number of para-hydroxylation sites is 1. The van der Waals surface area contributed by atoms with E-state index >= 15 is 0 Å². The van der Waals surface area contributed by atoms with Crippen molar-refractivity contribution in [1.29, 1.82) is 0 Å². The van der Waals surface area contributed by atoms with Gasteiger partial charge in [-0.05, 0) is 26.0 Å². The maximum absolute atomic E-state index is 5.48. The van der Waals surface area contributed by atoms with Crippen molar-refractivity contribution in [2.45, 2.75) is 32.7 Å². The number of ether oxygens (including phenoxy) is 1. The molecule has 0 saturated heterocycles. The highest BCUT2D eigenvalue weighted by atomic mass is 16.5. The number of fused-ring (bicyclic) bond motifs is 1. The molecule has 0 aliphatic rings. The minimum absolute atomic E-state index is 0.421. The van der Waals surface area contributed by atoms with Crippen molar-refractivity contribution in [2.75, 3.05) is 19.8 Å². The van der Waals surface area contributed by atoms with Crippen molar-refractivity contribution >= 4 is 10.9 Å². The lowest BCUT2D eigenvalue weighted by atomic mass is 10.1. The lowest BCUT2D eigenvalue weighted by molar-refractivity contribution is 0.136. The van der Waals surface area contributed by atoms with Gasteiger partial charge < -0.3 is 10.1 Å². The van der Waals surface area contributed by atoms with Gasteiger partial charge in [0.2, 0.25) is 0 Å². The second-order valence-electron chi connectivity index (χ2n) is 5.03. The maximum atomic E-state index is 5.48. The van der Waals surface area contributed by atoms with Gasteiger partial charge in [0.1, 0.15) is 0 Å². The summed E-state index contributed by atoms with van der Waals surface area (Å²) in [7, 11) is 2.01. The predicted molar refractivity (Wildman–Crippen MR) is 83.0 cm³/mol. The summed E-state index contributed by atoms with van der Waals surface area (Å²) in [6, 6.07) is 8.84. The van der Waals surface area contributed by atoms with Crippen LogP contribution in [0.1, 0.15) is 26.0 Å². The fourth-order valence-electron chi connectivity index (χ4n) is 2.61. The molecule has 1 atom stereocenters. The Balaban J connectivity index is 2.11. The number of aryl methyl sites for hydroxylation is 1. The summed E-state index contributed by atoms with van der Waals surface area (Å²) in [6.07, 6.45) is 1.97. The molecule has 2 rings (SSSR count). The molecule has 0 amide bonds. The number of likely N-dealkylation sites (N-methyl/N-ethyl adjacent to an activating group) is 1. The van der Waals surface area contributed by atoms with E-state index in [9.17, 15) is 0 Å². The van der Waals surface area contributed by atoms with Crippen molar-refractivity contribution < 1.29 is 4.74 Å². The molecular weight excluding hydrogens is 250 g/mol. The zero-order valence-electron chi connectivity index (χ0n) is 12.7. The second kappa shape index (κ2) is 7.41. The number of nitrogens with one attached hydrogen (secondary N) is 1. The van der Waals surface area contributed by atoms with Crippen molar-refractivity contribution in [3.05, 3.63) is 30.0 Å². The van der Waals surface area contributed by atoms with Gasteiger partial charge in [0.15, 0.2) is 0 Å². The van der Waals surface area contributed by atoms with Crippen LogP contribution in [0.25, 0.3) is 10.9 Å². The highest BCUT2D eigenvalue weighted by Crippen LogP contribution is 2.19. The van der Waals surface area contributed by atoms with Gasteiger partial charge in [-0.25, -0.2) is 0 Å². The average molecular weight is 275 g/mol. The second-order valence-corrected chi connectivity index (χ2v) is 5.03. The molecule has 0 aliphatic heterocycles. The van der Waals surface area contributed by atoms with E-state index < -0.39 is 0 Å². The fraction of sp³-hybridized carbons (Fsp3) is 0.562. The van der Waals surface area contributed by atoms with Gasteiger partial charge >= 0.3 is 0 Å². The average Bonchev–Trinajstić information content (AvgIpc) is 2.77. The van der Waals surface area contributed by atoms with Crippen LogP contribution in [0.3, 0.4) is 0 Å². The highest BCUT2D eigenvalue weighted by Gasteiger charge is 2.14. The molecule has 1 unspecified atom stereocenters. The number of hydrogen-bond donors (Lipinski definition) is 1. The minimum Gasteiger partial charge on any atom is -0.382 e. The zero-order chi connectivity index (χ0) is 14.4. The van der Waals surface area contributed by atoms with E-state index in [4.69, 9.17) is 4.74 Å². The van der Waals surface area contributed by atoms with E-state index in [2.05, 4.69) is 41.6 Å². The molecule has 2 aromatic rings. The van der Waals surface area contributed by atoms with Crippen LogP contribution in [0.4, 0.5) is 0 Å². The Kier molecular flexibility index (Phi) is 5.56. The van der Waals surface area contributed by atoms with E-state index in [1.54, 1.807) is 0 Å². The molecule has 0 bridgehead atoms. The molecule has 4 nitrogen and oxygen atoms in total. The Bertz CT molecular complexity index is 536. The quantitative estimate of drug-likeness (QED) is 0.752. The molecule has 0 fully saturated rings. The van der Waals surface area contributed by atoms with E-state index in [0.29, 0.717) is 6.04 Å². The summed E-state index contributed by atoms with van der Waals surface area (Å²) in [5.41, 5.74) is 2.37. The first-order valence-corrected chi connectivity index (χ1v) is 7.48. The summed E-state index contributed by atoms with van der Waals surface area (Å²) in [6.45, 7) is 6.74. The third-order valence-electron chi connectivity index (χ3n) is 3.58. The van der Waals surface area contributed by atoms with Crippen LogP contribution in [0, 0.1) is 0 Å². The third kappa shape index (κ3) is 3.58. The first-order chi connectivity index (χ1) is 9.76. The molecule has 0 radical (unpaired) electrons. The standard InChI is InChI=1S/C16H25N3O/c1-4-17-13(10-11-20-5-2)12-15-14-8-6-7-9-16(14)19(3)18-15/h6-9,13,17H,4-5,10-12H2,1-3H3. The van der Waals surface area contributed by atoms with Gasteiger partial charge in [-0.3, -0.25) is 4.68 Å². The third-order valence-corrected chi connectivity index (χ3v) is 3.58. The molecule has 0 spiro atoms. The number of benzene rings is 1. The topological polar surface area (TPSA) is 39.1 Å². The normalized spacial score (nSPS) is 12.9. The first-order valence-electron chi connectivity index (χ1n) is 7.48. The van der Waals surface area contributed by atoms with Gasteiger partial charge in [0.25, 0.3) is 0 Å². The van der Waals surface area contributed by atoms with Crippen LogP contribution >= 0.6 is 0 Å². The van der Waals surface area contributed by atoms with Crippen LogP contribution in [-0.2, 0) is 18.2 Å². The van der Waals surface area contributed by atoms with Gasteiger partial charge in [-0.15, -0.1) is 0 Å². The summed E-state index contributed by atoms with van der Waals surface area (Å²) in [4.78, 5) is 0. The fourth-order valence-corrected chi connectivity index (χ4v) is 2.61. The summed E-state index contributed by atoms with van der Waals surface area (Å²) in [5, 5.41) is 9.47. The lowest BCUT2D eigenvalue weighted by Gasteiger charge is -2.16. The summed E-state index contributed by atoms with van der Waals surface area (Å²) >= 11 is 0. The molecule has 1 heterocycles. The monoisotopic (exact) mass is 275 g/mol. The van der Waals surface area contributed by atoms with Crippen LogP contribution in [0.15, 0.2) is 24.3 Å². The lowest BCUT2D eigenvalue weighted by Crippen LogP contribution is -2.32. The molecule has 20 heavy (non-hydrogen) atoms. The SMILES string of the molecule is CCNC(CCOCC)Cc1nn(C)c2ccccc12. The number of hydrogen-bond acceptors (Lipinski definition) is 3. The summed E-state index contributed by atoms with van der Waals surface area (Å²) < 4.78 is 7.44. The van der Waals surface area contributed by atoms with Crippen LogP contribution in [0.5, 0.6) is 0 Å². The molecule has 1 aromatic heterocycles. The van der Waals surface area contributed by atoms with E-state index in [1.165, 1.54) is 16.6 Å². The van der Waals surface area contributed by atoms with Crippen molar-refractivity contribution in [1.82, 2.24) is 15.1 Å². The van der Waals surface area contributed by atoms with Crippen LogP contribution in [0.2, 0.25) is 0 Å². The van der Waals surface area contributed by atoms with Gasteiger partial charge in [-0.1, -0.05) is 25.1 Å². The number of rotatable bonds is 8. The van der Waals surface area contributed by atoms with E-state index in [1.807, 2.05) is 18.7 Å². The predicted octanol–water partition coefficient (Wildman–Crippen LogP) is 2.52. The van der Waals surface area contributed by atoms with E-state index in [0.717, 1.165) is 32.6 Å². The maximum Gasteiger partial charge on any atom is 0.0718 e. The largest absolute Gasteiger partial charge is 0.382 e. The van der Waals surface area contributed by atoms with Crippen molar-refractivity contribution in [2.24, 2.45) is 7.05 Å². The molecular formula is C16H25N3O. The Morgan fingerprint density at radius 3 is 2.85 bits per heavy atom. The number of aromatic nitrogens is 2. The molecule has 1 N–H and O–H groups in total. The Labute approximate surface area is 121 Å². The van der Waals surface area contributed by atoms with Crippen molar-refractivity contribution in [3.8, 4) is 0 Å². The van der Waals surface area contributed by atoms with Gasteiger partial charge in [-0.2, -0.15) is 5.10 Å². The van der Waals surface area contributed by atoms with E-state index in [-0.39, 0.29) is 0 Å². The minimum atomic E-state index is 0.421. The molecule has 110 valence electrons. The Morgan fingerprint density at radius 2 is 2.10 bits per heavy atom. The van der Waals surface area contributed by atoms with Crippen LogP contribution < -0.4 is 5.32 Å². The van der Waals surface area contributed by atoms with Gasteiger partial charge in [0.05, 0.1) is 11.2 Å². The smallest absolute Gasteiger partial charge is 0.0718 e. The molecule has 0 saturated carbocycles. The molecule has 0 aliphatic carbocycles. The molecule has 4 heteroatoms.